The van der Waals surface area contributed by atoms with Gasteiger partial charge < -0.3 is 8.98 Å². The van der Waals surface area contributed by atoms with Crippen LogP contribution < -0.4 is 4.72 Å². The minimum atomic E-state index is -1.91. The van der Waals surface area contributed by atoms with Crippen LogP contribution in [0.5, 0.6) is 0 Å². The van der Waals surface area contributed by atoms with Crippen molar-refractivity contribution in [2.24, 2.45) is 0 Å². The van der Waals surface area contributed by atoms with Gasteiger partial charge in [0.1, 0.15) is 15.3 Å². The highest BCUT2D eigenvalue weighted by molar-refractivity contribution is 7.90. The van der Waals surface area contributed by atoms with E-state index < -0.39 is 25.2 Å². The van der Waals surface area contributed by atoms with Crippen LogP contribution in [0.4, 0.5) is 0 Å². The van der Waals surface area contributed by atoms with E-state index in [0.717, 1.165) is 11.4 Å². The Balaban J connectivity index is 3.11. The van der Waals surface area contributed by atoms with Crippen molar-refractivity contribution in [2.75, 3.05) is 6.61 Å². The van der Waals surface area contributed by atoms with Crippen LogP contribution >= 0.6 is 11.3 Å². The molecule has 1 N–H and O–H groups in total. The van der Waals surface area contributed by atoms with Crippen LogP contribution in [-0.2, 0) is 27.7 Å². The van der Waals surface area contributed by atoms with Crippen molar-refractivity contribution in [3.8, 4) is 0 Å². The topological polar surface area (TPSA) is 57.2 Å². The maximum Gasteiger partial charge on any atom is 0.192 e. The Bertz CT molecular complexity index is 564. The highest BCUT2D eigenvalue weighted by Crippen LogP contribution is 2.38. The first-order valence-electron chi connectivity index (χ1n) is 8.91. The summed E-state index contributed by atoms with van der Waals surface area (Å²) in [4.78, 5) is 5.85. The van der Waals surface area contributed by atoms with E-state index in [1.807, 2.05) is 27.0 Å². The summed E-state index contributed by atoms with van der Waals surface area (Å²) in [5, 5.41) is 1.08. The molecule has 25 heavy (non-hydrogen) atoms. The smallest absolute Gasteiger partial charge is 0.192 e. The molecule has 0 radical (unpaired) electrons. The van der Waals surface area contributed by atoms with E-state index in [-0.39, 0.29) is 9.79 Å². The average Bonchev–Trinajstić information content (AvgIpc) is 2.92. The highest BCUT2D eigenvalue weighted by atomic mass is 32.2. The molecule has 1 rings (SSSR count). The molecule has 4 nitrogen and oxygen atoms in total. The summed E-state index contributed by atoms with van der Waals surface area (Å²) in [6.07, 6.45) is 2.88. The maximum absolute atomic E-state index is 12.8. The molecule has 0 aliphatic heterocycles. The first kappa shape index (κ1) is 23.1. The minimum Gasteiger partial charge on any atom is -0.598 e. The number of aryl methyl sites for hydroxylation is 1. The number of hydrogen-bond acceptors (Lipinski definition) is 5. The lowest BCUT2D eigenvalue weighted by atomic mass is 10.1. The van der Waals surface area contributed by atoms with Gasteiger partial charge in [0.05, 0.1) is 6.61 Å². The summed E-state index contributed by atoms with van der Waals surface area (Å²) < 4.78 is 22.2. The van der Waals surface area contributed by atoms with E-state index in [4.69, 9.17) is 4.43 Å². The number of hydrogen-bond donors (Lipinski definition) is 1. The van der Waals surface area contributed by atoms with Crippen LogP contribution in [0.1, 0.15) is 65.3 Å². The summed E-state index contributed by atoms with van der Waals surface area (Å²) in [6.45, 7) is 21.8. The van der Waals surface area contributed by atoms with E-state index in [0.29, 0.717) is 6.61 Å². The first-order valence-corrected chi connectivity index (χ1v) is 13.8. The molecule has 0 aliphatic carbocycles. The van der Waals surface area contributed by atoms with E-state index in [1.54, 1.807) is 11.3 Å². The van der Waals surface area contributed by atoms with Gasteiger partial charge in [-0.2, -0.15) is 0 Å². The Hall–Kier alpha value is 0.0769. The fourth-order valence-electron chi connectivity index (χ4n) is 1.76. The predicted molar refractivity (Wildman–Crippen MR) is 113 cm³/mol. The van der Waals surface area contributed by atoms with E-state index in [9.17, 15) is 4.55 Å². The molecule has 0 spiro atoms. The molecule has 1 heterocycles. The van der Waals surface area contributed by atoms with Crippen molar-refractivity contribution in [1.29, 1.82) is 0 Å². The second-order valence-electron chi connectivity index (χ2n) is 9.35. The van der Waals surface area contributed by atoms with Gasteiger partial charge in [-0.1, -0.05) is 27.7 Å². The number of thiazole rings is 1. The lowest BCUT2D eigenvalue weighted by molar-refractivity contribution is 0.198. The lowest BCUT2D eigenvalue weighted by Crippen LogP contribution is -2.54. The summed E-state index contributed by atoms with van der Waals surface area (Å²) >= 11 is 0.481. The second kappa shape index (κ2) is 7.98. The standard InChI is InChI=1S/C18H36N2O2S2Si/c1-11-14-12-19-15(23-14)18(8,20-24(21)16(2,3)4)13-22-25(9,10)17(5,6)7/h12,20H,11,13H2,1-10H3/t18-,24-/m0/s1. The van der Waals surface area contributed by atoms with Crippen LogP contribution in [0, 0.1) is 0 Å². The van der Waals surface area contributed by atoms with Crippen LogP contribution in [-0.4, -0.2) is 29.2 Å². The Morgan fingerprint density at radius 2 is 1.76 bits per heavy atom. The van der Waals surface area contributed by atoms with Gasteiger partial charge >= 0.3 is 0 Å². The maximum atomic E-state index is 12.8. The molecule has 0 aromatic carbocycles. The van der Waals surface area contributed by atoms with Gasteiger partial charge in [-0.05, 0) is 52.2 Å². The molecule has 0 saturated heterocycles. The van der Waals surface area contributed by atoms with Gasteiger partial charge in [0, 0.05) is 22.4 Å². The largest absolute Gasteiger partial charge is 0.598 e. The van der Waals surface area contributed by atoms with Gasteiger partial charge in [-0.3, -0.25) is 0 Å². The van der Waals surface area contributed by atoms with Crippen LogP contribution in [0.25, 0.3) is 0 Å². The van der Waals surface area contributed by atoms with E-state index in [2.05, 4.69) is 57.4 Å². The van der Waals surface area contributed by atoms with Gasteiger partial charge in [-0.15, -0.1) is 16.1 Å². The van der Waals surface area contributed by atoms with Crippen molar-refractivity contribution in [3.05, 3.63) is 16.1 Å². The third-order valence-electron chi connectivity index (χ3n) is 4.78. The zero-order valence-corrected chi connectivity index (χ0v) is 20.2. The average molecular weight is 405 g/mol. The Kier molecular flexibility index (Phi) is 7.38. The third-order valence-corrected chi connectivity index (χ3v) is 12.4. The summed E-state index contributed by atoms with van der Waals surface area (Å²) in [5.41, 5.74) is -0.564. The SMILES string of the molecule is CCc1cnc([C@](C)(CO[Si](C)(C)C(C)(C)C)N[S@@+]([O-])C(C)(C)C)s1. The summed E-state index contributed by atoms with van der Waals surface area (Å²) in [6, 6.07) is 0. The number of nitrogens with one attached hydrogen (secondary N) is 1. The highest BCUT2D eigenvalue weighted by Gasteiger charge is 2.43. The van der Waals surface area contributed by atoms with Gasteiger partial charge in [-0.25, -0.2) is 4.98 Å². The molecule has 0 fully saturated rings. The molecular weight excluding hydrogens is 368 g/mol. The molecule has 0 aliphatic rings. The van der Waals surface area contributed by atoms with Crippen LogP contribution in [0.2, 0.25) is 18.1 Å². The molecular formula is C18H36N2O2S2Si. The van der Waals surface area contributed by atoms with Crippen molar-refractivity contribution in [2.45, 2.75) is 90.2 Å². The molecule has 0 amide bonds. The number of aromatic nitrogens is 1. The monoisotopic (exact) mass is 404 g/mol. The molecule has 146 valence electrons. The molecule has 0 bridgehead atoms. The van der Waals surface area contributed by atoms with Crippen molar-refractivity contribution in [1.82, 2.24) is 9.71 Å². The third kappa shape index (κ3) is 6.04. The minimum absolute atomic E-state index is 0.133. The number of rotatable bonds is 7. The van der Waals surface area contributed by atoms with Gasteiger partial charge in [0.25, 0.3) is 0 Å². The van der Waals surface area contributed by atoms with Crippen LogP contribution in [0.15, 0.2) is 6.20 Å². The normalized spacial score (nSPS) is 17.4. The second-order valence-corrected chi connectivity index (χ2v) is 17.2. The summed E-state index contributed by atoms with van der Waals surface area (Å²) in [7, 11) is -1.91. The Labute approximate surface area is 162 Å². The van der Waals surface area contributed by atoms with Crippen LogP contribution in [0.3, 0.4) is 0 Å². The molecule has 2 atom stereocenters. The Morgan fingerprint density at radius 3 is 2.16 bits per heavy atom. The van der Waals surface area contributed by atoms with E-state index >= 15 is 0 Å². The van der Waals surface area contributed by atoms with Crippen molar-refractivity contribution in [3.63, 3.8) is 0 Å². The zero-order valence-electron chi connectivity index (χ0n) is 17.6. The molecule has 1 aromatic heterocycles. The van der Waals surface area contributed by atoms with Gasteiger partial charge in [0.2, 0.25) is 0 Å². The Morgan fingerprint density at radius 1 is 1.20 bits per heavy atom. The van der Waals surface area contributed by atoms with Gasteiger partial charge in [0.15, 0.2) is 8.32 Å². The zero-order chi connectivity index (χ0) is 19.7. The molecule has 1 aromatic rings. The van der Waals surface area contributed by atoms with Crippen molar-refractivity contribution >= 4 is 31.0 Å². The van der Waals surface area contributed by atoms with Crippen molar-refractivity contribution < 1.29 is 8.98 Å². The molecule has 0 saturated carbocycles. The van der Waals surface area contributed by atoms with E-state index in [1.165, 1.54) is 4.88 Å². The number of nitrogens with zero attached hydrogens (tertiary/aromatic N) is 1. The lowest BCUT2D eigenvalue weighted by Gasteiger charge is -2.40. The summed E-state index contributed by atoms with van der Waals surface area (Å²) in [5.74, 6) is 0. The quantitative estimate of drug-likeness (QED) is 0.513. The molecule has 0 unspecified atom stereocenters. The first-order chi connectivity index (χ1) is 11.1. The fraction of sp³-hybridized carbons (Fsp3) is 0.833. The predicted octanol–water partition coefficient (Wildman–Crippen LogP) is 4.99. The fourth-order valence-corrected chi connectivity index (χ4v) is 4.72. The molecule has 7 heteroatoms.